The molecule has 4 N–H and O–H groups in total. The molecule has 0 spiro atoms. The van der Waals surface area contributed by atoms with Crippen LogP contribution in [0.25, 0.3) is 0 Å². The summed E-state index contributed by atoms with van der Waals surface area (Å²) in [7, 11) is 0. The number of nitrogens with two attached hydrogens (primary N) is 1. The van der Waals surface area contributed by atoms with Gasteiger partial charge >= 0.3 is 0 Å². The van der Waals surface area contributed by atoms with E-state index < -0.39 is 5.54 Å². The predicted molar refractivity (Wildman–Crippen MR) is 164 cm³/mol. The van der Waals surface area contributed by atoms with Crippen LogP contribution in [0.4, 0.5) is 0 Å². The highest BCUT2D eigenvalue weighted by Gasteiger charge is 2.22. The molecule has 2 rings (SSSR count). The third-order valence-corrected chi connectivity index (χ3v) is 8.14. The second-order valence-corrected chi connectivity index (χ2v) is 11.6. The van der Waals surface area contributed by atoms with Gasteiger partial charge in [-0.2, -0.15) is 0 Å². The fourth-order valence-electron chi connectivity index (χ4n) is 5.27. The van der Waals surface area contributed by atoms with Gasteiger partial charge in [0.1, 0.15) is 0 Å². The molecule has 0 aromatic heterocycles. The van der Waals surface area contributed by atoms with E-state index in [1.807, 2.05) is 0 Å². The lowest BCUT2D eigenvalue weighted by Crippen LogP contribution is -2.47. The summed E-state index contributed by atoms with van der Waals surface area (Å²) in [4.78, 5) is 0. The summed E-state index contributed by atoms with van der Waals surface area (Å²) < 4.78 is 0. The Bertz CT molecular complexity index is 857. The van der Waals surface area contributed by atoms with Gasteiger partial charge in [0, 0.05) is 0 Å². The van der Waals surface area contributed by atoms with Crippen LogP contribution in [0.15, 0.2) is 42.5 Å². The summed E-state index contributed by atoms with van der Waals surface area (Å²) >= 11 is 0. The van der Waals surface area contributed by atoms with E-state index in [1.54, 1.807) is 0 Å². The van der Waals surface area contributed by atoms with Gasteiger partial charge in [-0.05, 0) is 79.2 Å². The van der Waals surface area contributed by atoms with Crippen LogP contribution in [0.5, 0.6) is 0 Å². The van der Waals surface area contributed by atoms with Crippen LogP contribution in [0.2, 0.25) is 0 Å². The third kappa shape index (κ3) is 12.9. The fraction of sp³-hybridized carbons (Fsp3) is 0.657. The maximum atomic E-state index is 9.57. The Morgan fingerprint density at radius 2 is 1.03 bits per heavy atom. The molecule has 0 saturated heterocycles. The molecule has 3 heteroatoms. The van der Waals surface area contributed by atoms with E-state index in [2.05, 4.69) is 56.3 Å². The van der Waals surface area contributed by atoms with Crippen LogP contribution in [-0.2, 0) is 32.1 Å². The van der Waals surface area contributed by atoms with Crippen LogP contribution in [0, 0.1) is 0 Å². The van der Waals surface area contributed by atoms with Gasteiger partial charge in [-0.3, -0.25) is 0 Å². The summed E-state index contributed by atoms with van der Waals surface area (Å²) in [6.07, 6.45) is 21.8. The monoisotopic (exact) mass is 523 g/mol. The van der Waals surface area contributed by atoms with Crippen LogP contribution < -0.4 is 5.73 Å². The summed E-state index contributed by atoms with van der Waals surface area (Å²) in [5, 5.41) is 19.1. The molecule has 0 aliphatic heterocycles. The first kappa shape index (κ1) is 32.5. The smallest absolute Gasteiger partial charge is 0.0633 e. The number of benzene rings is 2. The first-order valence-corrected chi connectivity index (χ1v) is 15.7. The SMILES string of the molecule is CCCCCCCCc1ccc(CCc2cc(CCC(N)(CO)CO)ccc2CCCCCCCC)cc1. The quantitative estimate of drug-likeness (QED) is 0.137. The minimum Gasteiger partial charge on any atom is -0.394 e. The molecule has 0 aliphatic rings. The van der Waals surface area contributed by atoms with Crippen molar-refractivity contribution in [1.82, 2.24) is 0 Å². The molecular formula is C35H57NO2. The van der Waals surface area contributed by atoms with Crippen molar-refractivity contribution >= 4 is 0 Å². The van der Waals surface area contributed by atoms with Crippen molar-refractivity contribution in [2.75, 3.05) is 13.2 Å². The Hall–Kier alpha value is -1.68. The molecule has 0 unspecified atom stereocenters. The van der Waals surface area contributed by atoms with Gasteiger partial charge in [0.25, 0.3) is 0 Å². The van der Waals surface area contributed by atoms with Gasteiger partial charge < -0.3 is 15.9 Å². The van der Waals surface area contributed by atoms with Crippen molar-refractivity contribution in [3.05, 3.63) is 70.3 Å². The van der Waals surface area contributed by atoms with Crippen molar-refractivity contribution in [2.24, 2.45) is 5.73 Å². The molecule has 0 fully saturated rings. The minimum absolute atomic E-state index is 0.193. The summed E-state index contributed by atoms with van der Waals surface area (Å²) in [5.41, 5.74) is 12.3. The van der Waals surface area contributed by atoms with Crippen molar-refractivity contribution in [1.29, 1.82) is 0 Å². The van der Waals surface area contributed by atoms with Crippen molar-refractivity contribution in [3.63, 3.8) is 0 Å². The predicted octanol–water partition coefficient (Wildman–Crippen LogP) is 7.89. The molecule has 0 aliphatic carbocycles. The number of aliphatic hydroxyl groups is 2. The first-order chi connectivity index (χ1) is 18.5. The van der Waals surface area contributed by atoms with E-state index in [-0.39, 0.29) is 13.2 Å². The molecule has 0 atom stereocenters. The second-order valence-electron chi connectivity index (χ2n) is 11.6. The molecule has 2 aromatic carbocycles. The van der Waals surface area contributed by atoms with Crippen LogP contribution in [0.3, 0.4) is 0 Å². The molecule has 0 amide bonds. The molecule has 0 bridgehead atoms. The molecule has 214 valence electrons. The van der Waals surface area contributed by atoms with E-state index in [9.17, 15) is 10.2 Å². The van der Waals surface area contributed by atoms with Gasteiger partial charge in [-0.1, -0.05) is 121 Å². The second kappa shape index (κ2) is 19.4. The van der Waals surface area contributed by atoms with Gasteiger partial charge in [0.05, 0.1) is 18.8 Å². The Labute approximate surface area is 234 Å². The van der Waals surface area contributed by atoms with E-state index in [0.29, 0.717) is 6.42 Å². The lowest BCUT2D eigenvalue weighted by Gasteiger charge is -2.24. The Morgan fingerprint density at radius 3 is 1.61 bits per heavy atom. The minimum atomic E-state index is -0.908. The van der Waals surface area contributed by atoms with E-state index >= 15 is 0 Å². The van der Waals surface area contributed by atoms with Crippen molar-refractivity contribution < 1.29 is 10.2 Å². The van der Waals surface area contributed by atoms with Crippen molar-refractivity contribution in [3.8, 4) is 0 Å². The molecule has 0 saturated carbocycles. The summed E-state index contributed by atoms with van der Waals surface area (Å²) in [6.45, 7) is 4.16. The lowest BCUT2D eigenvalue weighted by atomic mass is 9.90. The molecule has 2 aromatic rings. The van der Waals surface area contributed by atoms with E-state index in [4.69, 9.17) is 5.73 Å². The zero-order valence-corrected chi connectivity index (χ0v) is 24.7. The van der Waals surface area contributed by atoms with Gasteiger partial charge in [-0.25, -0.2) is 0 Å². The fourth-order valence-corrected chi connectivity index (χ4v) is 5.27. The zero-order chi connectivity index (χ0) is 27.5. The Kier molecular flexibility index (Phi) is 16.6. The lowest BCUT2D eigenvalue weighted by molar-refractivity contribution is 0.115. The molecular weight excluding hydrogens is 466 g/mol. The maximum absolute atomic E-state index is 9.57. The number of rotatable bonds is 22. The highest BCUT2D eigenvalue weighted by Crippen LogP contribution is 2.21. The zero-order valence-electron chi connectivity index (χ0n) is 24.7. The normalized spacial score (nSPS) is 11.8. The Balaban J connectivity index is 1.95. The van der Waals surface area contributed by atoms with Crippen LogP contribution >= 0.6 is 0 Å². The number of aryl methyl sites for hydroxylation is 5. The van der Waals surface area contributed by atoms with Crippen molar-refractivity contribution in [2.45, 2.75) is 135 Å². The topological polar surface area (TPSA) is 66.5 Å². The standard InChI is InChI=1S/C35H57NO2/c1-3-5-7-9-11-13-15-30-17-19-31(20-18-30)21-24-34-27-32(25-26-35(36,28-37)29-38)22-23-33(34)16-14-12-10-8-6-4-2/h17-20,22-23,27,37-38H,3-16,21,24-26,28-29,36H2,1-2H3. The van der Waals surface area contributed by atoms with Gasteiger partial charge in [0.2, 0.25) is 0 Å². The highest BCUT2D eigenvalue weighted by molar-refractivity contribution is 5.34. The number of unbranched alkanes of at least 4 members (excludes halogenated alkanes) is 10. The average molecular weight is 524 g/mol. The molecule has 3 nitrogen and oxygen atoms in total. The summed E-state index contributed by atoms with van der Waals surface area (Å²) in [5.74, 6) is 0. The number of hydrogen-bond acceptors (Lipinski definition) is 3. The van der Waals surface area contributed by atoms with E-state index in [0.717, 1.165) is 25.7 Å². The maximum Gasteiger partial charge on any atom is 0.0633 e. The largest absolute Gasteiger partial charge is 0.394 e. The molecule has 0 radical (unpaired) electrons. The third-order valence-electron chi connectivity index (χ3n) is 8.14. The molecule has 38 heavy (non-hydrogen) atoms. The first-order valence-electron chi connectivity index (χ1n) is 15.7. The Morgan fingerprint density at radius 1 is 0.526 bits per heavy atom. The highest BCUT2D eigenvalue weighted by atomic mass is 16.3. The summed E-state index contributed by atoms with van der Waals surface area (Å²) in [6, 6.07) is 16.2. The van der Waals surface area contributed by atoms with E-state index in [1.165, 1.54) is 111 Å². The number of hydrogen-bond donors (Lipinski definition) is 3. The molecule has 0 heterocycles. The van der Waals surface area contributed by atoms with Gasteiger partial charge in [-0.15, -0.1) is 0 Å². The number of aliphatic hydroxyl groups excluding tert-OH is 2. The van der Waals surface area contributed by atoms with Gasteiger partial charge in [0.15, 0.2) is 0 Å². The van der Waals surface area contributed by atoms with Crippen LogP contribution in [-0.4, -0.2) is 29.0 Å². The van der Waals surface area contributed by atoms with Crippen LogP contribution in [0.1, 0.15) is 125 Å². The average Bonchev–Trinajstić information content (AvgIpc) is 2.95.